The Morgan fingerprint density at radius 3 is 2.23 bits per heavy atom. The molecule has 3 rings (SSSR count). The van der Waals surface area contributed by atoms with Crippen LogP contribution in [0.4, 0.5) is 5.69 Å². The molecule has 0 saturated heterocycles. The average Bonchev–Trinajstić information content (AvgIpc) is 2.92. The van der Waals surface area contributed by atoms with Gasteiger partial charge in [-0.05, 0) is 49.4 Å². The number of ether oxygens (including phenoxy) is 2. The smallest absolute Gasteiger partial charge is 0.414 e. The summed E-state index contributed by atoms with van der Waals surface area (Å²) in [7, 11) is 3.45. The van der Waals surface area contributed by atoms with E-state index in [2.05, 4.69) is 11.4 Å². The van der Waals surface area contributed by atoms with Gasteiger partial charge in [0.25, 0.3) is 5.91 Å². The molecule has 0 fully saturated rings. The number of aryl methyl sites for hydroxylation is 1. The summed E-state index contributed by atoms with van der Waals surface area (Å²) in [5.74, 6) is -3.61. The number of aliphatic carboxylic acids is 2. The van der Waals surface area contributed by atoms with Crippen molar-refractivity contribution in [2.75, 3.05) is 32.1 Å². The number of benzene rings is 2. The number of methoxy groups -OCH3 is 1. The highest BCUT2D eigenvalue weighted by molar-refractivity contribution is 7.99. The predicted molar refractivity (Wildman–Crippen MR) is 130 cm³/mol. The first-order valence-corrected chi connectivity index (χ1v) is 11.5. The van der Waals surface area contributed by atoms with Crippen LogP contribution in [-0.4, -0.2) is 67.4 Å². The summed E-state index contributed by atoms with van der Waals surface area (Å²) in [5.41, 5.74) is 2.85. The lowest BCUT2D eigenvalue weighted by atomic mass is 10.1. The number of hydrogen-bond donors (Lipinski definition) is 3. The normalized spacial score (nSPS) is 16.8. The molecule has 1 amide bonds. The molecule has 0 aromatic heterocycles. The van der Waals surface area contributed by atoms with E-state index in [0.717, 1.165) is 27.5 Å². The number of hydrogen-bond acceptors (Lipinski definition) is 8. The fourth-order valence-corrected chi connectivity index (χ4v) is 4.74. The van der Waals surface area contributed by atoms with Crippen LogP contribution in [-0.2, 0) is 23.9 Å². The molecule has 0 radical (unpaired) electrons. The van der Waals surface area contributed by atoms with E-state index >= 15 is 0 Å². The minimum atomic E-state index is -1.82. The Labute approximate surface area is 207 Å². The Morgan fingerprint density at radius 2 is 1.71 bits per heavy atom. The van der Waals surface area contributed by atoms with E-state index in [0.29, 0.717) is 13.1 Å². The largest absolute Gasteiger partial charge is 0.497 e. The van der Waals surface area contributed by atoms with Crippen LogP contribution in [0.15, 0.2) is 47.4 Å². The SMILES string of the molecule is CNCCN1C(=O)[C@H](OC(C)=O)[C@H](c2ccc(OC)cc2)Sc2cc(C)ccc21.O=C(O)C(=O)O. The number of nitrogens with one attached hydrogen (secondary N) is 1. The van der Waals surface area contributed by atoms with Crippen molar-refractivity contribution >= 4 is 41.3 Å². The Morgan fingerprint density at radius 1 is 1.09 bits per heavy atom. The summed E-state index contributed by atoms with van der Waals surface area (Å²) < 4.78 is 10.8. The van der Waals surface area contributed by atoms with E-state index < -0.39 is 24.0 Å². The molecule has 0 saturated carbocycles. The molecule has 188 valence electrons. The fourth-order valence-electron chi connectivity index (χ4n) is 3.32. The van der Waals surface area contributed by atoms with Crippen LogP contribution in [0.1, 0.15) is 23.3 Å². The van der Waals surface area contributed by atoms with Crippen molar-refractivity contribution in [1.82, 2.24) is 5.32 Å². The molecule has 10 nitrogen and oxygen atoms in total. The third kappa shape index (κ3) is 7.46. The number of carboxylic acids is 2. The number of nitrogens with zero attached hydrogens (tertiary/aromatic N) is 1. The van der Waals surface area contributed by atoms with E-state index in [1.165, 1.54) is 6.92 Å². The van der Waals surface area contributed by atoms with Crippen LogP contribution in [0.25, 0.3) is 0 Å². The minimum absolute atomic E-state index is 0.216. The first-order valence-electron chi connectivity index (χ1n) is 10.6. The zero-order valence-corrected chi connectivity index (χ0v) is 20.6. The number of carbonyl (C=O) groups excluding carboxylic acids is 2. The van der Waals surface area contributed by atoms with Gasteiger partial charge in [-0.1, -0.05) is 18.2 Å². The van der Waals surface area contributed by atoms with Crippen LogP contribution < -0.4 is 15.0 Å². The van der Waals surface area contributed by atoms with Gasteiger partial charge >= 0.3 is 17.9 Å². The number of likely N-dealkylation sites (N-methyl/N-ethyl adjacent to an activating group) is 1. The Balaban J connectivity index is 0.000000641. The van der Waals surface area contributed by atoms with Crippen LogP contribution in [0, 0.1) is 6.92 Å². The van der Waals surface area contributed by atoms with Gasteiger partial charge in [-0.2, -0.15) is 0 Å². The summed E-state index contributed by atoms with van der Waals surface area (Å²) in [5, 5.41) is 17.5. The molecule has 3 N–H and O–H groups in total. The highest BCUT2D eigenvalue weighted by Crippen LogP contribution is 2.47. The molecule has 1 heterocycles. The molecule has 2 atom stereocenters. The van der Waals surface area contributed by atoms with Crippen molar-refractivity contribution in [3.8, 4) is 5.75 Å². The van der Waals surface area contributed by atoms with Crippen molar-refractivity contribution < 1.29 is 38.9 Å². The zero-order valence-electron chi connectivity index (χ0n) is 19.8. The Bertz CT molecular complexity index is 1060. The van der Waals surface area contributed by atoms with Crippen LogP contribution in [0.2, 0.25) is 0 Å². The van der Waals surface area contributed by atoms with Crippen LogP contribution in [0.5, 0.6) is 5.75 Å². The zero-order chi connectivity index (χ0) is 26.1. The molecular weight excluding hydrogens is 476 g/mol. The lowest BCUT2D eigenvalue weighted by molar-refractivity contribution is -0.159. The second-order valence-corrected chi connectivity index (χ2v) is 8.70. The number of carboxylic acid groups (broad SMARTS) is 2. The second-order valence-electron chi connectivity index (χ2n) is 7.52. The number of thioether (sulfide) groups is 1. The molecule has 35 heavy (non-hydrogen) atoms. The molecule has 0 spiro atoms. The first kappa shape index (κ1) is 27.7. The van der Waals surface area contributed by atoms with Gasteiger partial charge in [-0.3, -0.25) is 9.59 Å². The van der Waals surface area contributed by atoms with Crippen molar-refractivity contribution in [2.45, 2.75) is 30.1 Å². The third-order valence-electron chi connectivity index (χ3n) is 4.95. The molecule has 1 aliphatic heterocycles. The highest BCUT2D eigenvalue weighted by Gasteiger charge is 2.40. The monoisotopic (exact) mass is 504 g/mol. The first-order chi connectivity index (χ1) is 16.6. The second kappa shape index (κ2) is 12.8. The lowest BCUT2D eigenvalue weighted by Crippen LogP contribution is -2.45. The molecule has 11 heteroatoms. The van der Waals surface area contributed by atoms with Gasteiger partial charge in [0.15, 0.2) is 6.10 Å². The standard InChI is InChI=1S/C22H26N2O4S.C2H2O4/c1-14-5-10-18-19(13-14)29-21(16-6-8-17(27-4)9-7-16)20(28-15(2)25)22(26)24(18)12-11-23-3;3-1(4)2(5)6/h5-10,13,20-21,23H,11-12H2,1-4H3;(H,3,4)(H,5,6)/t20-,21+;/m1./s1. The molecular formula is C24H28N2O8S. The Kier molecular flexibility index (Phi) is 10.1. The van der Waals surface area contributed by atoms with Gasteiger partial charge in [0, 0.05) is 24.9 Å². The van der Waals surface area contributed by atoms with Gasteiger partial charge in [0.05, 0.1) is 18.0 Å². The number of fused-ring (bicyclic) bond motifs is 1. The van der Waals surface area contributed by atoms with E-state index in [1.807, 2.05) is 50.4 Å². The van der Waals surface area contributed by atoms with Crippen molar-refractivity contribution in [3.05, 3.63) is 53.6 Å². The minimum Gasteiger partial charge on any atom is -0.497 e. The van der Waals surface area contributed by atoms with Gasteiger partial charge < -0.3 is 29.9 Å². The lowest BCUT2D eigenvalue weighted by Gasteiger charge is -2.27. The molecule has 1 aliphatic rings. The number of esters is 1. The van der Waals surface area contributed by atoms with E-state index in [1.54, 1.807) is 23.8 Å². The summed E-state index contributed by atoms with van der Waals surface area (Å²) in [6.07, 6.45) is -0.921. The van der Waals surface area contributed by atoms with Gasteiger partial charge in [-0.25, -0.2) is 9.59 Å². The maximum atomic E-state index is 13.5. The number of carbonyl (C=O) groups is 4. The summed E-state index contributed by atoms with van der Waals surface area (Å²) in [4.78, 5) is 46.3. The summed E-state index contributed by atoms with van der Waals surface area (Å²) in [6, 6.07) is 13.6. The summed E-state index contributed by atoms with van der Waals surface area (Å²) in [6.45, 7) is 4.48. The van der Waals surface area contributed by atoms with Crippen LogP contribution in [0.3, 0.4) is 0 Å². The quantitative estimate of drug-likeness (QED) is 0.397. The molecule has 0 aliphatic carbocycles. The molecule has 2 aromatic rings. The van der Waals surface area contributed by atoms with Gasteiger partial charge in [-0.15, -0.1) is 11.8 Å². The topological polar surface area (TPSA) is 142 Å². The maximum Gasteiger partial charge on any atom is 0.414 e. The third-order valence-corrected chi connectivity index (χ3v) is 6.30. The highest BCUT2D eigenvalue weighted by atomic mass is 32.2. The van der Waals surface area contributed by atoms with E-state index in [4.69, 9.17) is 29.3 Å². The Hall–Kier alpha value is -3.57. The van der Waals surface area contributed by atoms with Gasteiger partial charge in [0.2, 0.25) is 0 Å². The van der Waals surface area contributed by atoms with Crippen molar-refractivity contribution in [3.63, 3.8) is 0 Å². The summed E-state index contributed by atoms with van der Waals surface area (Å²) >= 11 is 1.55. The molecule has 0 bridgehead atoms. The number of rotatable bonds is 6. The number of anilines is 1. The fraction of sp³-hybridized carbons (Fsp3) is 0.333. The van der Waals surface area contributed by atoms with Crippen molar-refractivity contribution in [2.24, 2.45) is 0 Å². The molecule has 0 unspecified atom stereocenters. The van der Waals surface area contributed by atoms with Crippen LogP contribution >= 0.6 is 11.8 Å². The average molecular weight is 505 g/mol. The predicted octanol–water partition coefficient (Wildman–Crippen LogP) is 2.49. The van der Waals surface area contributed by atoms with E-state index in [9.17, 15) is 9.59 Å². The van der Waals surface area contributed by atoms with Crippen molar-refractivity contribution in [1.29, 1.82) is 0 Å². The van der Waals surface area contributed by atoms with E-state index in [-0.39, 0.29) is 11.2 Å². The maximum absolute atomic E-state index is 13.5. The van der Waals surface area contributed by atoms with Gasteiger partial charge in [0.1, 0.15) is 5.75 Å². The molecule has 2 aromatic carbocycles. The number of amides is 1.